The minimum absolute atomic E-state index is 0.0170. The Morgan fingerprint density at radius 3 is 2.50 bits per heavy atom. The van der Waals surface area contributed by atoms with E-state index in [2.05, 4.69) is 10.6 Å². The van der Waals surface area contributed by atoms with E-state index in [0.717, 1.165) is 18.4 Å². The van der Waals surface area contributed by atoms with Gasteiger partial charge in [0, 0.05) is 24.8 Å². The molecule has 1 aliphatic rings. The first kappa shape index (κ1) is 22.3. The fourth-order valence-corrected chi connectivity index (χ4v) is 5.11. The van der Waals surface area contributed by atoms with Gasteiger partial charge in [0.2, 0.25) is 15.9 Å². The van der Waals surface area contributed by atoms with Gasteiger partial charge in [-0.3, -0.25) is 4.79 Å². The molecule has 0 spiro atoms. The topological polar surface area (TPSA) is 87.7 Å². The lowest BCUT2D eigenvalue weighted by molar-refractivity contribution is -0.115. The van der Waals surface area contributed by atoms with Crippen molar-refractivity contribution in [2.24, 2.45) is 0 Å². The lowest BCUT2D eigenvalue weighted by Crippen LogP contribution is -2.30. The van der Waals surface area contributed by atoms with Crippen molar-refractivity contribution in [1.29, 1.82) is 0 Å². The van der Waals surface area contributed by atoms with Crippen molar-refractivity contribution in [3.8, 4) is 5.75 Å². The van der Waals surface area contributed by atoms with E-state index < -0.39 is 10.0 Å². The Bertz CT molecular complexity index is 958. The highest BCUT2D eigenvalue weighted by atomic mass is 32.2. The first-order valence-electron chi connectivity index (χ1n) is 10.3. The van der Waals surface area contributed by atoms with Gasteiger partial charge in [0.05, 0.1) is 13.2 Å². The second-order valence-corrected chi connectivity index (χ2v) is 9.17. The van der Waals surface area contributed by atoms with Crippen LogP contribution in [0.1, 0.15) is 38.3 Å². The molecule has 1 heterocycles. The SMILES string of the molecule is CCOc1ccc(NC(=O)CNC(C)c2ccccc2)cc1S(=O)(=O)N1CCCC1. The van der Waals surface area contributed by atoms with Crippen LogP contribution in [0.4, 0.5) is 5.69 Å². The highest BCUT2D eigenvalue weighted by Crippen LogP contribution is 2.31. The molecule has 1 aliphatic heterocycles. The number of hydrogen-bond donors (Lipinski definition) is 2. The van der Waals surface area contributed by atoms with Crippen molar-refractivity contribution in [2.45, 2.75) is 37.6 Å². The zero-order chi connectivity index (χ0) is 21.6. The zero-order valence-corrected chi connectivity index (χ0v) is 18.2. The van der Waals surface area contributed by atoms with Gasteiger partial charge >= 0.3 is 0 Å². The molecule has 1 fully saturated rings. The first-order valence-corrected chi connectivity index (χ1v) is 11.7. The summed E-state index contributed by atoms with van der Waals surface area (Å²) in [5.41, 5.74) is 1.51. The summed E-state index contributed by atoms with van der Waals surface area (Å²) in [7, 11) is -3.67. The molecular weight excluding hydrogens is 402 g/mol. The number of ether oxygens (including phenoxy) is 1. The lowest BCUT2D eigenvalue weighted by Gasteiger charge is -2.19. The molecule has 0 saturated carbocycles. The van der Waals surface area contributed by atoms with E-state index in [4.69, 9.17) is 4.74 Å². The van der Waals surface area contributed by atoms with E-state index in [-0.39, 0.29) is 23.4 Å². The molecule has 2 aromatic carbocycles. The van der Waals surface area contributed by atoms with Crippen molar-refractivity contribution in [1.82, 2.24) is 9.62 Å². The highest BCUT2D eigenvalue weighted by Gasteiger charge is 2.30. The molecule has 30 heavy (non-hydrogen) atoms. The smallest absolute Gasteiger partial charge is 0.246 e. The predicted octanol–water partition coefficient (Wildman–Crippen LogP) is 3.16. The van der Waals surface area contributed by atoms with Crippen LogP contribution < -0.4 is 15.4 Å². The van der Waals surface area contributed by atoms with Crippen LogP contribution in [0.5, 0.6) is 5.75 Å². The maximum atomic E-state index is 13.1. The molecule has 0 radical (unpaired) electrons. The molecule has 1 saturated heterocycles. The maximum Gasteiger partial charge on any atom is 0.246 e. The van der Waals surface area contributed by atoms with Crippen LogP contribution in [-0.4, -0.2) is 44.9 Å². The Balaban J connectivity index is 1.70. The monoisotopic (exact) mass is 431 g/mol. The van der Waals surface area contributed by atoms with E-state index in [0.29, 0.717) is 31.1 Å². The molecule has 2 aromatic rings. The molecule has 1 atom stereocenters. The minimum Gasteiger partial charge on any atom is -0.492 e. The van der Waals surface area contributed by atoms with Gasteiger partial charge in [-0.05, 0) is 50.5 Å². The summed E-state index contributed by atoms with van der Waals surface area (Å²) in [6.07, 6.45) is 1.70. The summed E-state index contributed by atoms with van der Waals surface area (Å²) in [6.45, 7) is 5.27. The molecular formula is C22H29N3O4S. The largest absolute Gasteiger partial charge is 0.492 e. The van der Waals surface area contributed by atoms with Crippen LogP contribution in [0.3, 0.4) is 0 Å². The van der Waals surface area contributed by atoms with E-state index in [1.807, 2.05) is 44.2 Å². The van der Waals surface area contributed by atoms with Crippen molar-refractivity contribution >= 4 is 21.6 Å². The van der Waals surface area contributed by atoms with E-state index in [1.165, 1.54) is 10.4 Å². The van der Waals surface area contributed by atoms with Crippen LogP contribution in [0.25, 0.3) is 0 Å². The van der Waals surface area contributed by atoms with Crippen molar-refractivity contribution in [3.05, 3.63) is 54.1 Å². The quantitative estimate of drug-likeness (QED) is 0.637. The zero-order valence-electron chi connectivity index (χ0n) is 17.4. The molecule has 0 bridgehead atoms. The van der Waals surface area contributed by atoms with Crippen molar-refractivity contribution in [2.75, 3.05) is 31.6 Å². The van der Waals surface area contributed by atoms with Gasteiger partial charge < -0.3 is 15.4 Å². The van der Waals surface area contributed by atoms with Crippen LogP contribution in [0.15, 0.2) is 53.4 Å². The number of benzene rings is 2. The van der Waals surface area contributed by atoms with E-state index >= 15 is 0 Å². The molecule has 1 unspecified atom stereocenters. The Morgan fingerprint density at radius 1 is 1.13 bits per heavy atom. The number of carbonyl (C=O) groups excluding carboxylic acids is 1. The molecule has 1 amide bonds. The fraction of sp³-hybridized carbons (Fsp3) is 0.409. The lowest BCUT2D eigenvalue weighted by atomic mass is 10.1. The van der Waals surface area contributed by atoms with E-state index in [1.54, 1.807) is 12.1 Å². The van der Waals surface area contributed by atoms with Gasteiger partial charge in [-0.1, -0.05) is 30.3 Å². The summed E-state index contributed by atoms with van der Waals surface area (Å²) in [4.78, 5) is 12.5. The Morgan fingerprint density at radius 2 is 1.83 bits per heavy atom. The average molecular weight is 432 g/mol. The molecule has 3 rings (SSSR count). The van der Waals surface area contributed by atoms with Crippen molar-refractivity contribution < 1.29 is 17.9 Å². The molecule has 0 aromatic heterocycles. The van der Waals surface area contributed by atoms with Crippen LogP contribution >= 0.6 is 0 Å². The number of sulfonamides is 1. The van der Waals surface area contributed by atoms with Gasteiger partial charge in [-0.15, -0.1) is 0 Å². The van der Waals surface area contributed by atoms with Crippen LogP contribution in [0, 0.1) is 0 Å². The molecule has 8 heteroatoms. The predicted molar refractivity (Wildman–Crippen MR) is 117 cm³/mol. The molecule has 7 nitrogen and oxygen atoms in total. The average Bonchev–Trinajstić information content (AvgIpc) is 3.30. The maximum absolute atomic E-state index is 13.1. The number of carbonyl (C=O) groups is 1. The number of nitrogens with zero attached hydrogens (tertiary/aromatic N) is 1. The minimum atomic E-state index is -3.67. The molecule has 162 valence electrons. The Kier molecular flexibility index (Phi) is 7.47. The summed E-state index contributed by atoms with van der Waals surface area (Å²) in [5, 5.41) is 5.96. The molecule has 0 aliphatic carbocycles. The summed E-state index contributed by atoms with van der Waals surface area (Å²) in [6, 6.07) is 14.6. The number of nitrogens with one attached hydrogen (secondary N) is 2. The van der Waals surface area contributed by atoms with Crippen LogP contribution in [0.2, 0.25) is 0 Å². The fourth-order valence-electron chi connectivity index (χ4n) is 3.44. The van der Waals surface area contributed by atoms with Gasteiger partial charge in [0.25, 0.3) is 0 Å². The molecule has 2 N–H and O–H groups in total. The number of rotatable bonds is 9. The first-order chi connectivity index (χ1) is 14.4. The standard InChI is InChI=1S/C22H29N3O4S/c1-3-29-20-12-11-19(15-21(20)30(27,28)25-13-7-8-14-25)24-22(26)16-23-17(2)18-9-5-4-6-10-18/h4-6,9-12,15,17,23H,3,7-8,13-14,16H2,1-2H3,(H,24,26). The number of hydrogen-bond acceptors (Lipinski definition) is 5. The number of anilines is 1. The third-order valence-electron chi connectivity index (χ3n) is 5.08. The summed E-state index contributed by atoms with van der Waals surface area (Å²) in [5.74, 6) is 0.0599. The van der Waals surface area contributed by atoms with Gasteiger partial charge in [0.15, 0.2) is 0 Å². The normalized spacial score (nSPS) is 15.7. The van der Waals surface area contributed by atoms with Crippen LogP contribution in [-0.2, 0) is 14.8 Å². The van der Waals surface area contributed by atoms with Gasteiger partial charge in [-0.2, -0.15) is 4.31 Å². The highest BCUT2D eigenvalue weighted by molar-refractivity contribution is 7.89. The third kappa shape index (κ3) is 5.38. The van der Waals surface area contributed by atoms with Gasteiger partial charge in [0.1, 0.15) is 10.6 Å². The summed E-state index contributed by atoms with van der Waals surface area (Å²) >= 11 is 0. The summed E-state index contributed by atoms with van der Waals surface area (Å²) < 4.78 is 33.1. The Labute approximate surface area is 178 Å². The van der Waals surface area contributed by atoms with Gasteiger partial charge in [-0.25, -0.2) is 8.42 Å². The third-order valence-corrected chi connectivity index (χ3v) is 7.00. The van der Waals surface area contributed by atoms with E-state index in [9.17, 15) is 13.2 Å². The Hall–Kier alpha value is -2.42. The second-order valence-electron chi connectivity index (χ2n) is 7.27. The second kappa shape index (κ2) is 10.1. The van der Waals surface area contributed by atoms with Crippen molar-refractivity contribution in [3.63, 3.8) is 0 Å². The number of amides is 1.